The molecule has 0 spiro atoms. The highest BCUT2D eigenvalue weighted by Gasteiger charge is 2.32. The third-order valence-corrected chi connectivity index (χ3v) is 6.52. The summed E-state index contributed by atoms with van der Waals surface area (Å²) in [6.07, 6.45) is 2.77. The van der Waals surface area contributed by atoms with E-state index in [0.717, 1.165) is 54.1 Å². The minimum atomic E-state index is 0.147. The zero-order valence-electron chi connectivity index (χ0n) is 18.9. The molecule has 3 aromatic rings. The van der Waals surface area contributed by atoms with Gasteiger partial charge in [0.05, 0.1) is 0 Å². The van der Waals surface area contributed by atoms with Crippen LogP contribution in [-0.2, 0) is 13.0 Å². The molecule has 3 aromatic carbocycles. The third-order valence-electron chi connectivity index (χ3n) is 6.27. The van der Waals surface area contributed by atoms with Crippen LogP contribution >= 0.6 is 11.6 Å². The largest absolute Gasteiger partial charge is 0.335 e. The van der Waals surface area contributed by atoms with Gasteiger partial charge in [0.15, 0.2) is 0 Å². The van der Waals surface area contributed by atoms with Crippen molar-refractivity contribution >= 4 is 17.5 Å². The number of carbonyl (C=O) groups is 1. The lowest BCUT2D eigenvalue weighted by Gasteiger charge is -2.40. The first-order valence-corrected chi connectivity index (χ1v) is 11.8. The molecular formula is C28H31ClN2O. The molecule has 4 heteroatoms. The summed E-state index contributed by atoms with van der Waals surface area (Å²) in [4.78, 5) is 15.6. The summed E-state index contributed by atoms with van der Waals surface area (Å²) in [5, 5.41) is 4.47. The smallest absolute Gasteiger partial charge is 0.254 e. The van der Waals surface area contributed by atoms with Crippen molar-refractivity contribution in [3.63, 3.8) is 0 Å². The lowest BCUT2D eigenvalue weighted by molar-refractivity contribution is 0.0576. The predicted octanol–water partition coefficient (Wildman–Crippen LogP) is 5.96. The van der Waals surface area contributed by atoms with Gasteiger partial charge in [0, 0.05) is 35.8 Å². The second-order valence-electron chi connectivity index (χ2n) is 8.95. The minimum absolute atomic E-state index is 0.147. The first-order chi connectivity index (χ1) is 15.5. The van der Waals surface area contributed by atoms with Gasteiger partial charge in [-0.15, -0.1) is 0 Å². The Bertz CT molecular complexity index is 1030. The fourth-order valence-corrected chi connectivity index (χ4v) is 4.84. The predicted molar refractivity (Wildman–Crippen MR) is 132 cm³/mol. The van der Waals surface area contributed by atoms with E-state index in [0.29, 0.717) is 6.04 Å². The normalized spacial score (nSPS) is 18.5. The molecule has 0 unspecified atom stereocenters. The van der Waals surface area contributed by atoms with Crippen LogP contribution in [0.1, 0.15) is 45.5 Å². The van der Waals surface area contributed by atoms with E-state index in [9.17, 15) is 4.79 Å². The Labute approximate surface area is 196 Å². The Morgan fingerprint density at radius 3 is 2.34 bits per heavy atom. The lowest BCUT2D eigenvalue weighted by atomic mass is 9.91. The van der Waals surface area contributed by atoms with Crippen molar-refractivity contribution in [3.05, 3.63) is 106 Å². The van der Waals surface area contributed by atoms with Crippen molar-refractivity contribution in [3.8, 4) is 0 Å². The van der Waals surface area contributed by atoms with Crippen LogP contribution in [0.5, 0.6) is 0 Å². The Morgan fingerprint density at radius 2 is 1.66 bits per heavy atom. The minimum Gasteiger partial charge on any atom is -0.335 e. The molecule has 1 aliphatic heterocycles. The zero-order chi connectivity index (χ0) is 22.5. The van der Waals surface area contributed by atoms with Crippen LogP contribution in [0.2, 0.25) is 5.02 Å². The van der Waals surface area contributed by atoms with Crippen LogP contribution in [0.15, 0.2) is 72.8 Å². The summed E-state index contributed by atoms with van der Waals surface area (Å²) in [7, 11) is 0. The number of piperidine rings is 1. The molecule has 166 valence electrons. The van der Waals surface area contributed by atoms with Crippen molar-refractivity contribution in [2.24, 2.45) is 0 Å². The maximum atomic E-state index is 13.5. The van der Waals surface area contributed by atoms with Crippen molar-refractivity contribution in [2.75, 3.05) is 6.54 Å². The van der Waals surface area contributed by atoms with E-state index in [1.807, 2.05) is 30.3 Å². The van der Waals surface area contributed by atoms with E-state index in [1.165, 1.54) is 11.1 Å². The van der Waals surface area contributed by atoms with Gasteiger partial charge in [-0.25, -0.2) is 0 Å². The number of likely N-dealkylation sites (tertiary alicyclic amines) is 1. The van der Waals surface area contributed by atoms with E-state index in [4.69, 9.17) is 11.6 Å². The first-order valence-electron chi connectivity index (χ1n) is 11.4. The van der Waals surface area contributed by atoms with Gasteiger partial charge >= 0.3 is 0 Å². The highest BCUT2D eigenvalue weighted by atomic mass is 35.5. The van der Waals surface area contributed by atoms with Crippen molar-refractivity contribution < 1.29 is 4.79 Å². The SMILES string of the molecule is Cc1cc(C)cc(C(=O)N2CC[C@H](NCc3ccc(Cl)cc3)C[C@H]2Cc2ccccc2)c1. The topological polar surface area (TPSA) is 32.3 Å². The molecule has 1 heterocycles. The molecule has 0 radical (unpaired) electrons. The molecule has 32 heavy (non-hydrogen) atoms. The molecular weight excluding hydrogens is 416 g/mol. The zero-order valence-corrected chi connectivity index (χ0v) is 19.6. The van der Waals surface area contributed by atoms with Gasteiger partial charge in [-0.2, -0.15) is 0 Å². The average molecular weight is 447 g/mol. The van der Waals surface area contributed by atoms with E-state index in [-0.39, 0.29) is 11.9 Å². The summed E-state index contributed by atoms with van der Waals surface area (Å²) in [5.41, 5.74) is 5.56. The number of nitrogens with one attached hydrogen (secondary N) is 1. The number of hydrogen-bond donors (Lipinski definition) is 1. The Kier molecular flexibility index (Phi) is 7.29. The molecule has 1 fully saturated rings. The fraction of sp³-hybridized carbons (Fsp3) is 0.321. The van der Waals surface area contributed by atoms with Crippen LogP contribution in [0.3, 0.4) is 0 Å². The summed E-state index contributed by atoms with van der Waals surface area (Å²) >= 11 is 6.01. The number of halogens is 1. The van der Waals surface area contributed by atoms with Crippen LogP contribution in [-0.4, -0.2) is 29.4 Å². The molecule has 0 saturated carbocycles. The van der Waals surface area contributed by atoms with Gasteiger partial charge in [0.1, 0.15) is 0 Å². The van der Waals surface area contributed by atoms with Gasteiger partial charge in [0.25, 0.3) is 5.91 Å². The van der Waals surface area contributed by atoms with Crippen molar-refractivity contribution in [1.82, 2.24) is 10.2 Å². The molecule has 1 N–H and O–H groups in total. The summed E-state index contributed by atoms with van der Waals surface area (Å²) in [5.74, 6) is 0.147. The number of amides is 1. The Morgan fingerprint density at radius 1 is 0.969 bits per heavy atom. The molecule has 3 nitrogen and oxygen atoms in total. The van der Waals surface area contributed by atoms with E-state index in [2.05, 4.69) is 66.5 Å². The van der Waals surface area contributed by atoms with E-state index >= 15 is 0 Å². The van der Waals surface area contributed by atoms with Gasteiger partial charge in [-0.1, -0.05) is 71.3 Å². The average Bonchev–Trinajstić information content (AvgIpc) is 2.78. The first kappa shape index (κ1) is 22.6. The Balaban J connectivity index is 1.49. The fourth-order valence-electron chi connectivity index (χ4n) is 4.71. The maximum absolute atomic E-state index is 13.5. The number of hydrogen-bond acceptors (Lipinski definition) is 2. The van der Waals surface area contributed by atoms with Crippen LogP contribution in [0.4, 0.5) is 0 Å². The Hall–Kier alpha value is -2.62. The van der Waals surface area contributed by atoms with E-state index < -0.39 is 0 Å². The van der Waals surface area contributed by atoms with Gasteiger partial charge in [0.2, 0.25) is 0 Å². The molecule has 0 bridgehead atoms. The van der Waals surface area contributed by atoms with Crippen LogP contribution in [0, 0.1) is 13.8 Å². The lowest BCUT2D eigenvalue weighted by Crippen LogP contribution is -2.51. The molecule has 2 atom stereocenters. The maximum Gasteiger partial charge on any atom is 0.254 e. The number of rotatable bonds is 6. The van der Waals surface area contributed by atoms with Gasteiger partial charge in [-0.05, 0) is 68.5 Å². The highest BCUT2D eigenvalue weighted by Crippen LogP contribution is 2.25. The van der Waals surface area contributed by atoms with Crippen LogP contribution in [0.25, 0.3) is 0 Å². The molecule has 0 aromatic heterocycles. The standard InChI is InChI=1S/C28H31ClN2O/c1-20-14-21(2)16-24(15-20)28(32)31-13-12-26(30-19-23-8-10-25(29)11-9-23)18-27(31)17-22-6-4-3-5-7-22/h3-11,14-16,26-27,30H,12-13,17-19H2,1-2H3/t26-,27+/m0/s1. The van der Waals surface area contributed by atoms with E-state index in [1.54, 1.807) is 0 Å². The summed E-state index contributed by atoms with van der Waals surface area (Å²) < 4.78 is 0. The number of benzene rings is 3. The van der Waals surface area contributed by atoms with Gasteiger partial charge < -0.3 is 10.2 Å². The van der Waals surface area contributed by atoms with Gasteiger partial charge in [-0.3, -0.25) is 4.79 Å². The molecule has 0 aliphatic carbocycles. The van der Waals surface area contributed by atoms with Crippen molar-refractivity contribution in [1.29, 1.82) is 0 Å². The van der Waals surface area contributed by atoms with Crippen LogP contribution < -0.4 is 5.32 Å². The second-order valence-corrected chi connectivity index (χ2v) is 9.38. The number of carbonyl (C=O) groups excluding carboxylic acids is 1. The monoisotopic (exact) mass is 446 g/mol. The number of nitrogens with zero attached hydrogens (tertiary/aromatic N) is 1. The molecule has 4 rings (SSSR count). The molecule has 1 amide bonds. The molecule has 1 saturated heterocycles. The quantitative estimate of drug-likeness (QED) is 0.506. The summed E-state index contributed by atoms with van der Waals surface area (Å²) in [6.45, 7) is 5.68. The highest BCUT2D eigenvalue weighted by molar-refractivity contribution is 6.30. The third kappa shape index (κ3) is 5.79. The molecule has 1 aliphatic rings. The second kappa shape index (κ2) is 10.3. The number of aryl methyl sites for hydroxylation is 2. The summed E-state index contributed by atoms with van der Waals surface area (Å²) in [6, 6.07) is 25.2. The van der Waals surface area contributed by atoms with Crippen molar-refractivity contribution in [2.45, 2.75) is 51.7 Å².